The first-order valence-corrected chi connectivity index (χ1v) is 4.14. The van der Waals surface area contributed by atoms with Crippen LogP contribution in [0, 0.1) is 5.41 Å². The van der Waals surface area contributed by atoms with Crippen LogP contribution in [0.5, 0.6) is 0 Å². The highest BCUT2D eigenvalue weighted by atomic mass is 19.3. The summed E-state index contributed by atoms with van der Waals surface area (Å²) in [5.74, 6) is -3.03. The van der Waals surface area contributed by atoms with Crippen molar-refractivity contribution >= 4 is 0 Å². The maximum absolute atomic E-state index is 12.3. The van der Waals surface area contributed by atoms with Crippen molar-refractivity contribution in [3.63, 3.8) is 0 Å². The molecule has 0 radical (unpaired) electrons. The zero-order valence-electron chi connectivity index (χ0n) is 7.90. The number of halogens is 4. The summed E-state index contributed by atoms with van der Waals surface area (Å²) in [5.41, 5.74) is -0.507. The third kappa shape index (κ3) is 2.00. The molecule has 1 heterocycles. The third-order valence-electron chi connectivity index (χ3n) is 1.99. The van der Waals surface area contributed by atoms with Gasteiger partial charge < -0.3 is 9.47 Å². The molecule has 1 rings (SSSR count). The van der Waals surface area contributed by atoms with Gasteiger partial charge in [-0.05, 0) is 0 Å². The molecule has 0 saturated carbocycles. The van der Waals surface area contributed by atoms with E-state index >= 15 is 0 Å². The molecule has 1 fully saturated rings. The van der Waals surface area contributed by atoms with E-state index < -0.39 is 24.1 Å². The lowest BCUT2D eigenvalue weighted by Gasteiger charge is -2.41. The lowest BCUT2D eigenvalue weighted by molar-refractivity contribution is -0.380. The Bertz CT molecular complexity index is 186. The maximum atomic E-state index is 12.3. The Balaban J connectivity index is 2.75. The summed E-state index contributed by atoms with van der Waals surface area (Å²) < 4.78 is 58.4. The van der Waals surface area contributed by atoms with Gasteiger partial charge in [0.2, 0.25) is 0 Å². The summed E-state index contributed by atoms with van der Waals surface area (Å²) in [4.78, 5) is 0. The fourth-order valence-corrected chi connectivity index (χ4v) is 1.05. The SMILES string of the molecule is CC1(C)COC(C(F)F)(C(F)F)OC1. The molecule has 1 aliphatic rings. The van der Waals surface area contributed by atoms with Crippen LogP contribution in [0.1, 0.15) is 13.8 Å². The molecule has 6 heteroatoms. The lowest BCUT2D eigenvalue weighted by Crippen LogP contribution is -2.56. The molecule has 1 saturated heterocycles. The van der Waals surface area contributed by atoms with E-state index in [0.29, 0.717) is 0 Å². The van der Waals surface area contributed by atoms with Crippen molar-refractivity contribution in [2.24, 2.45) is 5.41 Å². The number of alkyl halides is 4. The summed E-state index contributed by atoms with van der Waals surface area (Å²) in [6, 6.07) is 0. The molecule has 0 aliphatic carbocycles. The minimum atomic E-state index is -3.35. The Morgan fingerprint density at radius 1 is 0.929 bits per heavy atom. The summed E-state index contributed by atoms with van der Waals surface area (Å²) in [6.45, 7) is 3.05. The van der Waals surface area contributed by atoms with E-state index in [1.54, 1.807) is 13.8 Å². The van der Waals surface area contributed by atoms with Crippen LogP contribution >= 0.6 is 0 Å². The standard InChI is InChI=1S/C8H12F4O2/c1-7(2)3-13-8(5(9)10,6(11)12)14-4-7/h5-6H,3-4H2,1-2H3. The highest BCUT2D eigenvalue weighted by molar-refractivity contribution is 4.84. The average molecular weight is 216 g/mol. The van der Waals surface area contributed by atoms with Crippen LogP contribution in [-0.2, 0) is 9.47 Å². The molecule has 1 aliphatic heterocycles. The van der Waals surface area contributed by atoms with Crippen molar-refractivity contribution in [1.82, 2.24) is 0 Å². The van der Waals surface area contributed by atoms with Crippen LogP contribution in [0.4, 0.5) is 17.6 Å². The lowest BCUT2D eigenvalue weighted by atomic mass is 9.95. The van der Waals surface area contributed by atoms with E-state index in [0.717, 1.165) is 0 Å². The highest BCUT2D eigenvalue weighted by Gasteiger charge is 2.55. The molecular formula is C8H12F4O2. The first-order valence-electron chi connectivity index (χ1n) is 4.14. The van der Waals surface area contributed by atoms with E-state index in [2.05, 4.69) is 9.47 Å². The zero-order chi connectivity index (χ0) is 11.0. The molecule has 2 nitrogen and oxygen atoms in total. The van der Waals surface area contributed by atoms with Crippen LogP contribution < -0.4 is 0 Å². The fourth-order valence-electron chi connectivity index (χ4n) is 1.05. The van der Waals surface area contributed by atoms with E-state index in [4.69, 9.17) is 0 Å². The quantitative estimate of drug-likeness (QED) is 0.659. The first kappa shape index (κ1) is 11.7. The Morgan fingerprint density at radius 2 is 1.29 bits per heavy atom. The fraction of sp³-hybridized carbons (Fsp3) is 1.00. The molecular weight excluding hydrogens is 204 g/mol. The Kier molecular flexibility index (Phi) is 3.06. The van der Waals surface area contributed by atoms with Gasteiger partial charge in [0.25, 0.3) is 18.6 Å². The van der Waals surface area contributed by atoms with Crippen molar-refractivity contribution in [2.75, 3.05) is 13.2 Å². The molecule has 0 aromatic carbocycles. The predicted molar refractivity (Wildman–Crippen MR) is 40.4 cm³/mol. The summed E-state index contributed by atoms with van der Waals surface area (Å²) in [6.07, 6.45) is -6.70. The van der Waals surface area contributed by atoms with E-state index in [-0.39, 0.29) is 13.2 Å². The topological polar surface area (TPSA) is 18.5 Å². The van der Waals surface area contributed by atoms with Crippen LogP contribution in [0.25, 0.3) is 0 Å². The zero-order valence-corrected chi connectivity index (χ0v) is 7.90. The molecule has 0 atom stereocenters. The number of hydrogen-bond acceptors (Lipinski definition) is 2. The van der Waals surface area contributed by atoms with Crippen LogP contribution in [0.2, 0.25) is 0 Å². The van der Waals surface area contributed by atoms with Crippen molar-refractivity contribution in [1.29, 1.82) is 0 Å². The highest BCUT2D eigenvalue weighted by Crippen LogP contribution is 2.37. The summed E-state index contributed by atoms with van der Waals surface area (Å²) in [7, 11) is 0. The Morgan fingerprint density at radius 3 is 1.57 bits per heavy atom. The van der Waals surface area contributed by atoms with Gasteiger partial charge in [0.05, 0.1) is 13.2 Å². The smallest absolute Gasteiger partial charge is 0.297 e. The summed E-state index contributed by atoms with van der Waals surface area (Å²) in [5, 5.41) is 0. The van der Waals surface area contributed by atoms with Gasteiger partial charge in [-0.3, -0.25) is 0 Å². The molecule has 0 N–H and O–H groups in total. The molecule has 0 bridgehead atoms. The molecule has 14 heavy (non-hydrogen) atoms. The minimum absolute atomic E-state index is 0.165. The first-order chi connectivity index (χ1) is 6.30. The van der Waals surface area contributed by atoms with Gasteiger partial charge in [-0.15, -0.1) is 0 Å². The van der Waals surface area contributed by atoms with Crippen molar-refractivity contribution in [3.8, 4) is 0 Å². The third-order valence-corrected chi connectivity index (χ3v) is 1.99. The minimum Gasteiger partial charge on any atom is -0.340 e. The molecule has 0 amide bonds. The van der Waals surface area contributed by atoms with Crippen molar-refractivity contribution in [2.45, 2.75) is 32.5 Å². The van der Waals surface area contributed by atoms with Crippen LogP contribution in [0.15, 0.2) is 0 Å². The molecule has 84 valence electrons. The van der Waals surface area contributed by atoms with E-state index in [1.165, 1.54) is 0 Å². The molecule has 0 aromatic heterocycles. The van der Waals surface area contributed by atoms with E-state index in [1.807, 2.05) is 0 Å². The van der Waals surface area contributed by atoms with Gasteiger partial charge >= 0.3 is 0 Å². The second-order valence-electron chi connectivity index (χ2n) is 4.06. The number of rotatable bonds is 2. The van der Waals surface area contributed by atoms with Gasteiger partial charge in [0, 0.05) is 5.41 Å². The predicted octanol–water partition coefficient (Wildman–Crippen LogP) is 2.29. The number of hydrogen-bond donors (Lipinski definition) is 0. The van der Waals surface area contributed by atoms with Gasteiger partial charge in [0.15, 0.2) is 0 Å². The Hall–Kier alpha value is -0.360. The average Bonchev–Trinajstić information content (AvgIpc) is 2.03. The van der Waals surface area contributed by atoms with Gasteiger partial charge in [0.1, 0.15) is 0 Å². The van der Waals surface area contributed by atoms with Crippen LogP contribution in [-0.4, -0.2) is 31.9 Å². The van der Waals surface area contributed by atoms with Crippen molar-refractivity contribution < 1.29 is 27.0 Å². The molecule has 0 unspecified atom stereocenters. The molecule has 0 spiro atoms. The van der Waals surface area contributed by atoms with Crippen LogP contribution in [0.3, 0.4) is 0 Å². The van der Waals surface area contributed by atoms with Gasteiger partial charge in [-0.25, -0.2) is 17.6 Å². The van der Waals surface area contributed by atoms with E-state index in [9.17, 15) is 17.6 Å². The molecule has 0 aromatic rings. The monoisotopic (exact) mass is 216 g/mol. The normalized spacial score (nSPS) is 25.7. The second-order valence-corrected chi connectivity index (χ2v) is 4.06. The van der Waals surface area contributed by atoms with Crippen molar-refractivity contribution in [3.05, 3.63) is 0 Å². The Labute approximate surface area is 79.2 Å². The summed E-state index contributed by atoms with van der Waals surface area (Å²) >= 11 is 0. The second kappa shape index (κ2) is 3.66. The van der Waals surface area contributed by atoms with Gasteiger partial charge in [-0.1, -0.05) is 13.8 Å². The maximum Gasteiger partial charge on any atom is 0.297 e. The number of ether oxygens (including phenoxy) is 2. The largest absolute Gasteiger partial charge is 0.340 e. The van der Waals surface area contributed by atoms with Gasteiger partial charge in [-0.2, -0.15) is 0 Å².